The van der Waals surface area contributed by atoms with E-state index in [4.69, 9.17) is 4.74 Å². The number of ether oxygens (including phenoxy) is 1. The van der Waals surface area contributed by atoms with Crippen LogP contribution in [0.3, 0.4) is 0 Å². The average molecular weight is 397 g/mol. The standard InChI is InChI=1S/C26H23NO3/c1-19(17-20-11-5-2-6-12-20)25(28)27-23(18-30-26(27)29)24(21-13-7-3-8-14-21)22-15-9-4-10-16-22/h2-16,23-24H,1,17-18H2/t23-/m1/s1. The predicted octanol–water partition coefficient (Wildman–Crippen LogP) is 4.96. The van der Waals surface area contributed by atoms with Gasteiger partial charge in [0.2, 0.25) is 0 Å². The quantitative estimate of drug-likeness (QED) is 0.552. The van der Waals surface area contributed by atoms with Gasteiger partial charge in [-0.3, -0.25) is 4.79 Å². The summed E-state index contributed by atoms with van der Waals surface area (Å²) in [7, 11) is 0. The molecule has 3 aromatic rings. The number of carbonyl (C=O) groups is 2. The molecule has 0 bridgehead atoms. The molecule has 30 heavy (non-hydrogen) atoms. The molecule has 1 atom stereocenters. The maximum atomic E-state index is 13.3. The summed E-state index contributed by atoms with van der Waals surface area (Å²) in [6, 6.07) is 29.0. The van der Waals surface area contributed by atoms with E-state index >= 15 is 0 Å². The van der Waals surface area contributed by atoms with Gasteiger partial charge in [-0.1, -0.05) is 97.6 Å². The first-order chi connectivity index (χ1) is 14.6. The zero-order chi connectivity index (χ0) is 20.9. The Kier molecular flexibility index (Phi) is 5.75. The van der Waals surface area contributed by atoms with Crippen molar-refractivity contribution in [3.63, 3.8) is 0 Å². The highest BCUT2D eigenvalue weighted by Crippen LogP contribution is 2.35. The Bertz CT molecular complexity index is 992. The van der Waals surface area contributed by atoms with Crippen molar-refractivity contribution in [3.8, 4) is 0 Å². The zero-order valence-corrected chi connectivity index (χ0v) is 16.6. The summed E-state index contributed by atoms with van der Waals surface area (Å²) in [5, 5.41) is 0. The van der Waals surface area contributed by atoms with Gasteiger partial charge in [0.15, 0.2) is 0 Å². The van der Waals surface area contributed by atoms with Crippen LogP contribution < -0.4 is 0 Å². The van der Waals surface area contributed by atoms with Gasteiger partial charge in [-0.25, -0.2) is 9.69 Å². The predicted molar refractivity (Wildman–Crippen MR) is 116 cm³/mol. The Balaban J connectivity index is 1.66. The van der Waals surface area contributed by atoms with Crippen LogP contribution in [0.2, 0.25) is 0 Å². The van der Waals surface area contributed by atoms with Gasteiger partial charge in [-0.15, -0.1) is 0 Å². The van der Waals surface area contributed by atoms with E-state index in [0.29, 0.717) is 12.0 Å². The van der Waals surface area contributed by atoms with E-state index in [9.17, 15) is 9.59 Å². The lowest BCUT2D eigenvalue weighted by Gasteiger charge is -2.29. The first-order valence-corrected chi connectivity index (χ1v) is 9.97. The number of carbonyl (C=O) groups excluding carboxylic acids is 2. The van der Waals surface area contributed by atoms with Gasteiger partial charge in [-0.05, 0) is 16.7 Å². The van der Waals surface area contributed by atoms with Crippen LogP contribution in [-0.4, -0.2) is 29.5 Å². The van der Waals surface area contributed by atoms with E-state index in [-0.39, 0.29) is 18.4 Å². The number of hydrogen-bond acceptors (Lipinski definition) is 3. The summed E-state index contributed by atoms with van der Waals surface area (Å²) in [6.07, 6.45) is -0.228. The normalized spacial score (nSPS) is 15.8. The van der Waals surface area contributed by atoms with Crippen molar-refractivity contribution in [1.82, 2.24) is 4.90 Å². The number of amides is 2. The fourth-order valence-electron chi connectivity index (χ4n) is 3.96. The number of cyclic esters (lactones) is 1. The van der Waals surface area contributed by atoms with Crippen LogP contribution in [0.1, 0.15) is 22.6 Å². The van der Waals surface area contributed by atoms with Gasteiger partial charge in [0.1, 0.15) is 6.61 Å². The largest absolute Gasteiger partial charge is 0.447 e. The third-order valence-electron chi connectivity index (χ3n) is 5.39. The molecule has 0 N–H and O–H groups in total. The van der Waals surface area contributed by atoms with Crippen LogP contribution in [0, 0.1) is 0 Å². The summed E-state index contributed by atoms with van der Waals surface area (Å²) in [4.78, 5) is 27.1. The smallest absolute Gasteiger partial charge is 0.417 e. The highest BCUT2D eigenvalue weighted by molar-refractivity contribution is 6.03. The molecule has 1 saturated heterocycles. The molecule has 1 heterocycles. The second kappa shape index (κ2) is 8.78. The molecule has 1 aliphatic rings. The lowest BCUT2D eigenvalue weighted by Crippen LogP contribution is -2.43. The molecule has 0 spiro atoms. The number of hydrogen-bond donors (Lipinski definition) is 0. The molecule has 0 unspecified atom stereocenters. The van der Waals surface area contributed by atoms with Crippen molar-refractivity contribution in [2.45, 2.75) is 18.4 Å². The Morgan fingerprint density at radius 1 is 0.900 bits per heavy atom. The molecule has 0 saturated carbocycles. The minimum atomic E-state index is -0.615. The Morgan fingerprint density at radius 2 is 1.40 bits per heavy atom. The van der Waals surface area contributed by atoms with E-state index in [1.54, 1.807) is 0 Å². The minimum absolute atomic E-state index is 0.150. The van der Waals surface area contributed by atoms with E-state index in [0.717, 1.165) is 16.7 Å². The fourth-order valence-corrected chi connectivity index (χ4v) is 3.96. The molecular formula is C26H23NO3. The van der Waals surface area contributed by atoms with Crippen LogP contribution in [0.5, 0.6) is 0 Å². The SMILES string of the molecule is C=C(Cc1ccccc1)C(=O)N1C(=O)OC[C@@H]1C(c1ccccc1)c1ccccc1. The van der Waals surface area contributed by atoms with Crippen molar-refractivity contribution in [2.24, 2.45) is 0 Å². The molecule has 2 amide bonds. The summed E-state index contributed by atoms with van der Waals surface area (Å²) in [5.41, 5.74) is 3.39. The van der Waals surface area contributed by atoms with Gasteiger partial charge < -0.3 is 4.74 Å². The third kappa shape index (κ3) is 4.03. The van der Waals surface area contributed by atoms with Gasteiger partial charge in [0.05, 0.1) is 6.04 Å². The van der Waals surface area contributed by atoms with E-state index in [1.807, 2.05) is 91.0 Å². The van der Waals surface area contributed by atoms with Crippen molar-refractivity contribution < 1.29 is 14.3 Å². The Labute approximate surface area is 176 Å². The summed E-state index contributed by atoms with van der Waals surface area (Å²) in [5.74, 6) is -0.574. The molecule has 4 heteroatoms. The van der Waals surface area contributed by atoms with Gasteiger partial charge in [0.25, 0.3) is 5.91 Å². The lowest BCUT2D eigenvalue weighted by molar-refractivity contribution is -0.125. The fraction of sp³-hybridized carbons (Fsp3) is 0.154. The molecule has 150 valence electrons. The van der Waals surface area contributed by atoms with Crippen LogP contribution in [0.15, 0.2) is 103 Å². The third-order valence-corrected chi connectivity index (χ3v) is 5.39. The van der Waals surface area contributed by atoms with Crippen molar-refractivity contribution in [1.29, 1.82) is 0 Å². The molecule has 0 radical (unpaired) electrons. The number of rotatable bonds is 6. The molecule has 1 aliphatic heterocycles. The number of benzene rings is 3. The topological polar surface area (TPSA) is 46.6 Å². The molecule has 3 aromatic carbocycles. The second-order valence-electron chi connectivity index (χ2n) is 7.38. The van der Waals surface area contributed by atoms with Crippen LogP contribution >= 0.6 is 0 Å². The van der Waals surface area contributed by atoms with Gasteiger partial charge in [-0.2, -0.15) is 0 Å². The average Bonchev–Trinajstić information content (AvgIpc) is 3.16. The Morgan fingerprint density at radius 3 is 1.93 bits per heavy atom. The van der Waals surface area contributed by atoms with E-state index < -0.39 is 12.1 Å². The van der Waals surface area contributed by atoms with Crippen LogP contribution in [0.4, 0.5) is 4.79 Å². The molecular weight excluding hydrogens is 374 g/mol. The maximum Gasteiger partial charge on any atom is 0.417 e. The second-order valence-corrected chi connectivity index (χ2v) is 7.38. The first kappa shape index (κ1) is 19.6. The van der Waals surface area contributed by atoms with E-state index in [1.165, 1.54) is 4.90 Å². The highest BCUT2D eigenvalue weighted by Gasteiger charge is 2.43. The molecule has 4 rings (SSSR count). The Hall–Kier alpha value is -3.66. The van der Waals surface area contributed by atoms with Crippen molar-refractivity contribution in [2.75, 3.05) is 6.61 Å². The van der Waals surface area contributed by atoms with Crippen LogP contribution in [-0.2, 0) is 16.0 Å². The molecule has 0 aromatic heterocycles. The van der Waals surface area contributed by atoms with Gasteiger partial charge >= 0.3 is 6.09 Å². The van der Waals surface area contributed by atoms with Crippen molar-refractivity contribution in [3.05, 3.63) is 120 Å². The summed E-state index contributed by atoms with van der Waals surface area (Å²) < 4.78 is 5.35. The maximum absolute atomic E-state index is 13.3. The summed E-state index contributed by atoms with van der Waals surface area (Å²) >= 11 is 0. The monoisotopic (exact) mass is 397 g/mol. The van der Waals surface area contributed by atoms with Gasteiger partial charge in [0, 0.05) is 17.9 Å². The number of nitrogens with zero attached hydrogens (tertiary/aromatic N) is 1. The highest BCUT2D eigenvalue weighted by atomic mass is 16.6. The lowest BCUT2D eigenvalue weighted by atomic mass is 9.84. The number of imide groups is 1. The summed E-state index contributed by atoms with van der Waals surface area (Å²) in [6.45, 7) is 4.12. The van der Waals surface area contributed by atoms with Crippen molar-refractivity contribution >= 4 is 12.0 Å². The molecule has 1 fully saturated rings. The van der Waals surface area contributed by atoms with Crippen LogP contribution in [0.25, 0.3) is 0 Å². The molecule has 4 nitrogen and oxygen atoms in total. The molecule has 0 aliphatic carbocycles. The zero-order valence-electron chi connectivity index (χ0n) is 16.6. The minimum Gasteiger partial charge on any atom is -0.447 e. The first-order valence-electron chi connectivity index (χ1n) is 9.97. The van der Waals surface area contributed by atoms with E-state index in [2.05, 4.69) is 6.58 Å².